The lowest BCUT2D eigenvalue weighted by atomic mass is 9.92. The van der Waals surface area contributed by atoms with Crippen LogP contribution in [0.15, 0.2) is 52.5 Å². The summed E-state index contributed by atoms with van der Waals surface area (Å²) in [5, 5.41) is 11.0. The molecule has 3 aromatic carbocycles. The number of nitro benzene ring substituents is 1. The van der Waals surface area contributed by atoms with E-state index in [1.165, 1.54) is 33.5 Å². The van der Waals surface area contributed by atoms with Crippen molar-refractivity contribution in [1.29, 1.82) is 0 Å². The Hall–Kier alpha value is -4.45. The number of rotatable bonds is 12. The van der Waals surface area contributed by atoms with E-state index in [2.05, 4.69) is 15.9 Å². The van der Waals surface area contributed by atoms with Crippen LogP contribution in [0.25, 0.3) is 6.08 Å². The van der Waals surface area contributed by atoms with E-state index < -0.39 is 10.9 Å². The van der Waals surface area contributed by atoms with Crippen molar-refractivity contribution in [3.63, 3.8) is 0 Å². The molecular weight excluding hydrogens is 614 g/mol. The minimum Gasteiger partial charge on any atom is -0.493 e. The summed E-state index contributed by atoms with van der Waals surface area (Å²) >= 11 is 3.61. The van der Waals surface area contributed by atoms with Gasteiger partial charge in [0, 0.05) is 23.6 Å². The van der Waals surface area contributed by atoms with Crippen LogP contribution < -0.4 is 28.4 Å². The van der Waals surface area contributed by atoms with Crippen LogP contribution in [0.2, 0.25) is 0 Å². The molecule has 0 saturated carbocycles. The summed E-state index contributed by atoms with van der Waals surface area (Å²) in [7, 11) is 7.62. The van der Waals surface area contributed by atoms with Gasteiger partial charge in [-0.1, -0.05) is 0 Å². The third-order valence-corrected chi connectivity index (χ3v) is 7.55. The third kappa shape index (κ3) is 6.38. The second-order valence-corrected chi connectivity index (χ2v) is 9.98. The van der Waals surface area contributed by atoms with Gasteiger partial charge in [0.2, 0.25) is 11.5 Å². The Labute approximate surface area is 251 Å². The number of ether oxygens (including phenoxy) is 7. The summed E-state index contributed by atoms with van der Waals surface area (Å²) in [4.78, 5) is 23.4. The molecule has 1 aliphatic heterocycles. The number of halogens is 1. The number of benzene rings is 3. The maximum Gasteiger partial charge on any atom is 0.334 e. The van der Waals surface area contributed by atoms with Crippen LogP contribution in [0, 0.1) is 16.0 Å². The number of carbonyl (C=O) groups excluding carboxylic acids is 1. The van der Waals surface area contributed by atoms with Crippen molar-refractivity contribution in [3.8, 4) is 34.5 Å². The number of hydrogen-bond acceptors (Lipinski definition) is 10. The second-order valence-electron chi connectivity index (χ2n) is 9.19. The standard InChI is InChI=1S/C30H30BrNO10/c1-36-23-11-18(12-24(37-2)27(23)39-4)10-20-16-42-30(33)22(20)13-19-14-25(38-3)28(40-5)29(26(19)31)41-15-17-6-8-21(9-7-17)32(34)35/h6-9,11-14,20H,10,15-16H2,1-5H3/b22-13-. The van der Waals surface area contributed by atoms with Gasteiger partial charge in [0.25, 0.3) is 5.69 Å². The molecule has 0 spiro atoms. The zero-order valence-corrected chi connectivity index (χ0v) is 25.3. The molecule has 1 heterocycles. The highest BCUT2D eigenvalue weighted by Gasteiger charge is 2.32. The number of cyclic esters (lactones) is 1. The van der Waals surface area contributed by atoms with Gasteiger partial charge >= 0.3 is 5.97 Å². The lowest BCUT2D eigenvalue weighted by Gasteiger charge is -2.18. The van der Waals surface area contributed by atoms with Crippen LogP contribution in [-0.4, -0.2) is 53.0 Å². The summed E-state index contributed by atoms with van der Waals surface area (Å²) in [6.45, 7) is 0.303. The first-order chi connectivity index (χ1) is 20.2. The van der Waals surface area contributed by atoms with Gasteiger partial charge in [-0.05, 0) is 75.4 Å². The van der Waals surface area contributed by atoms with Gasteiger partial charge in [-0.2, -0.15) is 0 Å². The summed E-state index contributed by atoms with van der Waals surface area (Å²) in [5.74, 6) is 1.89. The van der Waals surface area contributed by atoms with Crippen LogP contribution >= 0.6 is 15.9 Å². The topological polar surface area (TPSA) is 125 Å². The quantitative estimate of drug-likeness (QED) is 0.104. The van der Waals surface area contributed by atoms with Crippen molar-refractivity contribution in [3.05, 3.63) is 79.3 Å². The first kappa shape index (κ1) is 30.5. The Morgan fingerprint density at radius 2 is 1.48 bits per heavy atom. The number of carbonyl (C=O) groups is 1. The van der Waals surface area contributed by atoms with Crippen LogP contribution in [0.5, 0.6) is 34.5 Å². The SMILES string of the molecule is COc1cc(CC2COC(=O)/C2=C\c2cc(OC)c(OC)c(OCc3ccc([N+](=O)[O-])cc3)c2Br)cc(OC)c1OC. The summed E-state index contributed by atoms with van der Waals surface area (Å²) in [6.07, 6.45) is 2.21. The van der Waals surface area contributed by atoms with E-state index in [1.807, 2.05) is 12.1 Å². The molecule has 4 rings (SSSR count). The molecule has 11 nitrogen and oxygen atoms in total. The fourth-order valence-electron chi connectivity index (χ4n) is 4.63. The summed E-state index contributed by atoms with van der Waals surface area (Å²) in [6, 6.07) is 11.5. The predicted octanol–water partition coefficient (Wildman–Crippen LogP) is 5.78. The molecule has 0 bridgehead atoms. The van der Waals surface area contributed by atoms with Gasteiger partial charge in [0.15, 0.2) is 23.0 Å². The van der Waals surface area contributed by atoms with Crippen LogP contribution in [0.3, 0.4) is 0 Å². The molecule has 1 fully saturated rings. The molecule has 1 aliphatic rings. The summed E-state index contributed by atoms with van der Waals surface area (Å²) in [5.41, 5.74) is 2.64. The Balaban J connectivity index is 1.68. The van der Waals surface area contributed by atoms with E-state index in [-0.39, 0.29) is 24.8 Å². The van der Waals surface area contributed by atoms with Crippen molar-refractivity contribution >= 4 is 33.7 Å². The molecule has 1 unspecified atom stereocenters. The lowest BCUT2D eigenvalue weighted by molar-refractivity contribution is -0.384. The highest BCUT2D eigenvalue weighted by Crippen LogP contribution is 2.47. The number of methoxy groups -OCH3 is 5. The van der Waals surface area contributed by atoms with Gasteiger partial charge < -0.3 is 33.2 Å². The fraction of sp³-hybridized carbons (Fsp3) is 0.300. The van der Waals surface area contributed by atoms with Crippen molar-refractivity contribution in [1.82, 2.24) is 0 Å². The van der Waals surface area contributed by atoms with E-state index >= 15 is 0 Å². The van der Waals surface area contributed by atoms with Gasteiger partial charge in [-0.3, -0.25) is 10.1 Å². The minimum absolute atomic E-state index is 0.0164. The number of nitro groups is 1. The van der Waals surface area contributed by atoms with Gasteiger partial charge in [0.05, 0.1) is 51.6 Å². The zero-order chi connectivity index (χ0) is 30.4. The molecule has 1 saturated heterocycles. The van der Waals surface area contributed by atoms with Gasteiger partial charge in [0.1, 0.15) is 6.61 Å². The molecule has 1 atom stereocenters. The van der Waals surface area contributed by atoms with Gasteiger partial charge in [-0.25, -0.2) is 4.79 Å². The van der Waals surface area contributed by atoms with E-state index in [0.717, 1.165) is 5.56 Å². The Morgan fingerprint density at radius 3 is 2.02 bits per heavy atom. The molecule has 0 aromatic heterocycles. The lowest BCUT2D eigenvalue weighted by Crippen LogP contribution is -2.09. The number of nitrogens with zero attached hydrogens (tertiary/aromatic N) is 1. The van der Waals surface area contributed by atoms with E-state index in [4.69, 9.17) is 33.2 Å². The smallest absolute Gasteiger partial charge is 0.334 e. The van der Waals surface area contributed by atoms with E-state index in [0.29, 0.717) is 62.1 Å². The summed E-state index contributed by atoms with van der Waals surface area (Å²) < 4.78 is 39.6. The number of non-ortho nitro benzene ring substituents is 1. The van der Waals surface area contributed by atoms with Gasteiger partial charge in [-0.15, -0.1) is 0 Å². The second kappa shape index (κ2) is 13.5. The molecule has 0 amide bonds. The molecule has 3 aromatic rings. The normalized spacial score (nSPS) is 15.2. The number of esters is 1. The predicted molar refractivity (Wildman–Crippen MR) is 157 cm³/mol. The third-order valence-electron chi connectivity index (χ3n) is 6.73. The largest absolute Gasteiger partial charge is 0.493 e. The number of hydrogen-bond donors (Lipinski definition) is 0. The highest BCUT2D eigenvalue weighted by molar-refractivity contribution is 9.10. The first-order valence-electron chi connectivity index (χ1n) is 12.7. The molecule has 0 aliphatic carbocycles. The monoisotopic (exact) mass is 643 g/mol. The minimum atomic E-state index is -0.463. The maximum absolute atomic E-state index is 12.9. The van der Waals surface area contributed by atoms with E-state index in [9.17, 15) is 14.9 Å². The molecule has 222 valence electrons. The molecule has 0 radical (unpaired) electrons. The van der Waals surface area contributed by atoms with Crippen molar-refractivity contribution < 1.29 is 42.9 Å². The Bertz CT molecular complexity index is 1480. The Kier molecular flexibility index (Phi) is 9.79. The highest BCUT2D eigenvalue weighted by atomic mass is 79.9. The Morgan fingerprint density at radius 1 is 0.881 bits per heavy atom. The maximum atomic E-state index is 12.9. The first-order valence-corrected chi connectivity index (χ1v) is 13.5. The average molecular weight is 644 g/mol. The van der Waals surface area contributed by atoms with Crippen LogP contribution in [0.4, 0.5) is 5.69 Å². The molecule has 12 heteroatoms. The molecule has 42 heavy (non-hydrogen) atoms. The van der Waals surface area contributed by atoms with E-state index in [1.54, 1.807) is 38.5 Å². The average Bonchev–Trinajstić information content (AvgIpc) is 3.34. The van der Waals surface area contributed by atoms with Crippen molar-refractivity contribution in [2.45, 2.75) is 13.0 Å². The zero-order valence-electron chi connectivity index (χ0n) is 23.7. The van der Waals surface area contributed by atoms with Crippen molar-refractivity contribution in [2.24, 2.45) is 5.92 Å². The van der Waals surface area contributed by atoms with Crippen LogP contribution in [-0.2, 0) is 22.6 Å². The van der Waals surface area contributed by atoms with Crippen LogP contribution in [0.1, 0.15) is 16.7 Å². The molecular formula is C30H30BrNO10. The molecule has 0 N–H and O–H groups in total. The van der Waals surface area contributed by atoms with Crippen molar-refractivity contribution in [2.75, 3.05) is 42.2 Å². The fourth-order valence-corrected chi connectivity index (χ4v) is 5.15.